The molecule has 0 aromatic heterocycles. The molecule has 7 atom stereocenters. The SMILES string of the molecule is C=CCCC(=O)N[C@@H](COC)[C@@H](OC(=O)[C@@H]1[C@@H]2CC[C@]3(O2)[C@H](C(=O)N(CC=C)C(C)C)N(CCCCCO)C(=O)[C@@H]13)c1ccccc1. The number of benzene rings is 1. The van der Waals surface area contributed by atoms with Crippen molar-refractivity contribution in [2.75, 3.05) is 33.4 Å². The van der Waals surface area contributed by atoms with Gasteiger partial charge in [0.05, 0.1) is 30.6 Å². The summed E-state index contributed by atoms with van der Waals surface area (Å²) >= 11 is 0. The van der Waals surface area contributed by atoms with E-state index in [2.05, 4.69) is 18.5 Å². The summed E-state index contributed by atoms with van der Waals surface area (Å²) in [5.41, 5.74) is -0.500. The van der Waals surface area contributed by atoms with Gasteiger partial charge in [-0.3, -0.25) is 19.2 Å². The van der Waals surface area contributed by atoms with Crippen molar-refractivity contribution in [2.45, 2.75) is 94.7 Å². The van der Waals surface area contributed by atoms with Gasteiger partial charge in [0.1, 0.15) is 17.7 Å². The summed E-state index contributed by atoms with van der Waals surface area (Å²) in [5.74, 6) is -3.17. The number of hydrogen-bond donors (Lipinski definition) is 2. The summed E-state index contributed by atoms with van der Waals surface area (Å²) in [6.07, 6.45) is 5.39. The van der Waals surface area contributed by atoms with Gasteiger partial charge in [-0.2, -0.15) is 0 Å². The summed E-state index contributed by atoms with van der Waals surface area (Å²) in [7, 11) is 1.51. The molecule has 4 rings (SSSR count). The number of aliphatic hydroxyl groups is 1. The Morgan fingerprint density at radius 3 is 2.55 bits per heavy atom. The van der Waals surface area contributed by atoms with Gasteiger partial charge in [0.25, 0.3) is 0 Å². The van der Waals surface area contributed by atoms with Crippen LogP contribution in [0.5, 0.6) is 0 Å². The van der Waals surface area contributed by atoms with Crippen LogP contribution in [0.3, 0.4) is 0 Å². The van der Waals surface area contributed by atoms with Crippen LogP contribution in [0.15, 0.2) is 55.6 Å². The number of fused-ring (bicyclic) bond motifs is 1. The molecule has 3 amide bonds. The van der Waals surface area contributed by atoms with Crippen LogP contribution in [-0.2, 0) is 33.4 Å². The van der Waals surface area contributed by atoms with Gasteiger partial charge in [0.2, 0.25) is 17.7 Å². The molecular formula is C36H51N3O8. The highest BCUT2D eigenvalue weighted by molar-refractivity contribution is 5.98. The van der Waals surface area contributed by atoms with Gasteiger partial charge in [-0.25, -0.2) is 0 Å². The fraction of sp³-hybridized carbons (Fsp3) is 0.611. The molecule has 1 aromatic rings. The molecule has 3 aliphatic heterocycles. The van der Waals surface area contributed by atoms with Crippen molar-refractivity contribution in [3.8, 4) is 0 Å². The fourth-order valence-electron chi connectivity index (χ4n) is 7.49. The van der Waals surface area contributed by atoms with E-state index in [1.54, 1.807) is 22.0 Å². The standard InChI is InChI=1S/C36H51N3O8/c1-6-8-17-28(41)37-26(23-45-5)31(25-15-11-9-12-16-25)46-35(44)29-27-18-19-36(47-27)30(29)33(42)39(21-13-10-14-22-40)32(36)34(43)38(20-7-2)24(3)4/h6-7,9,11-12,15-16,24,26-27,29-32,40H,1-2,8,10,13-14,17-23H2,3-5H3,(H,37,41)/t26-,27-,29+,30+,31-,32-,36+/m0/s1. The van der Waals surface area contributed by atoms with Crippen molar-refractivity contribution >= 4 is 23.7 Å². The Labute approximate surface area is 278 Å². The van der Waals surface area contributed by atoms with Crippen LogP contribution in [0.2, 0.25) is 0 Å². The molecule has 1 spiro atoms. The van der Waals surface area contributed by atoms with Gasteiger partial charge < -0.3 is 34.4 Å². The minimum absolute atomic E-state index is 0.0450. The molecule has 11 heteroatoms. The second-order valence-corrected chi connectivity index (χ2v) is 13.0. The second kappa shape index (κ2) is 16.5. The van der Waals surface area contributed by atoms with E-state index in [0.29, 0.717) is 57.2 Å². The number of hydrogen-bond acceptors (Lipinski definition) is 8. The number of esters is 1. The van der Waals surface area contributed by atoms with Gasteiger partial charge >= 0.3 is 5.97 Å². The maximum absolute atomic E-state index is 14.4. The van der Waals surface area contributed by atoms with E-state index >= 15 is 0 Å². The molecule has 11 nitrogen and oxygen atoms in total. The van der Waals surface area contributed by atoms with Gasteiger partial charge in [0, 0.05) is 39.3 Å². The number of amides is 3. The zero-order valence-corrected chi connectivity index (χ0v) is 28.0. The van der Waals surface area contributed by atoms with Crippen LogP contribution in [0.1, 0.15) is 70.5 Å². The van der Waals surface area contributed by atoms with E-state index in [4.69, 9.17) is 14.2 Å². The van der Waals surface area contributed by atoms with E-state index in [1.807, 2.05) is 44.2 Å². The summed E-state index contributed by atoms with van der Waals surface area (Å²) < 4.78 is 18.3. The molecule has 258 valence electrons. The fourth-order valence-corrected chi connectivity index (χ4v) is 7.49. The summed E-state index contributed by atoms with van der Waals surface area (Å²) in [6, 6.07) is 7.39. The Kier molecular flexibility index (Phi) is 12.8. The number of rotatable bonds is 19. The number of allylic oxidation sites excluding steroid dienone is 1. The molecule has 0 unspecified atom stereocenters. The third-order valence-corrected chi connectivity index (χ3v) is 9.60. The topological polar surface area (TPSA) is 135 Å². The first kappa shape index (κ1) is 36.3. The van der Waals surface area contributed by atoms with E-state index in [1.165, 1.54) is 7.11 Å². The minimum Gasteiger partial charge on any atom is -0.455 e. The molecule has 0 aliphatic carbocycles. The lowest BCUT2D eigenvalue weighted by molar-refractivity contribution is -0.163. The molecule has 47 heavy (non-hydrogen) atoms. The first-order chi connectivity index (χ1) is 22.6. The van der Waals surface area contributed by atoms with E-state index in [0.717, 1.165) is 0 Å². The Bertz CT molecular complexity index is 1270. The van der Waals surface area contributed by atoms with Crippen molar-refractivity contribution in [1.29, 1.82) is 0 Å². The number of ether oxygens (including phenoxy) is 3. The van der Waals surface area contributed by atoms with Crippen LogP contribution in [0.25, 0.3) is 0 Å². The largest absolute Gasteiger partial charge is 0.455 e. The Balaban J connectivity index is 1.67. The third kappa shape index (κ3) is 7.63. The van der Waals surface area contributed by atoms with Gasteiger partial charge in [0.15, 0.2) is 0 Å². The van der Waals surface area contributed by atoms with Gasteiger partial charge in [-0.1, -0.05) is 42.5 Å². The molecule has 0 radical (unpaired) electrons. The summed E-state index contributed by atoms with van der Waals surface area (Å²) in [5, 5.41) is 12.3. The molecule has 3 saturated heterocycles. The quantitative estimate of drug-likeness (QED) is 0.132. The first-order valence-electron chi connectivity index (χ1n) is 16.8. The monoisotopic (exact) mass is 653 g/mol. The first-order valence-corrected chi connectivity index (χ1v) is 16.8. The maximum Gasteiger partial charge on any atom is 0.313 e. The molecule has 3 heterocycles. The molecule has 0 saturated carbocycles. The number of aliphatic hydroxyl groups excluding tert-OH is 1. The minimum atomic E-state index is -1.17. The number of nitrogens with one attached hydrogen (secondary N) is 1. The van der Waals surface area contributed by atoms with Crippen molar-refractivity contribution in [1.82, 2.24) is 15.1 Å². The third-order valence-electron chi connectivity index (χ3n) is 9.60. The molecule has 2 bridgehead atoms. The molecule has 3 aliphatic rings. The number of likely N-dealkylation sites (tertiary alicyclic amines) is 1. The van der Waals surface area contributed by atoms with Gasteiger partial charge in [-0.15, -0.1) is 13.2 Å². The lowest BCUT2D eigenvalue weighted by Gasteiger charge is -2.38. The Hall–Kier alpha value is -3.54. The van der Waals surface area contributed by atoms with Crippen LogP contribution >= 0.6 is 0 Å². The van der Waals surface area contributed by atoms with Gasteiger partial charge in [-0.05, 0) is 57.9 Å². The Morgan fingerprint density at radius 1 is 1.17 bits per heavy atom. The average molecular weight is 654 g/mol. The molecular weight excluding hydrogens is 602 g/mol. The maximum atomic E-state index is 14.4. The predicted octanol–water partition coefficient (Wildman–Crippen LogP) is 3.33. The molecule has 3 fully saturated rings. The Morgan fingerprint density at radius 2 is 1.91 bits per heavy atom. The highest BCUT2D eigenvalue weighted by Gasteiger charge is 2.75. The molecule has 1 aromatic carbocycles. The van der Waals surface area contributed by atoms with E-state index < -0.39 is 47.7 Å². The zero-order valence-electron chi connectivity index (χ0n) is 28.0. The van der Waals surface area contributed by atoms with Crippen LogP contribution < -0.4 is 5.32 Å². The van der Waals surface area contributed by atoms with Crippen molar-refractivity contribution in [3.63, 3.8) is 0 Å². The normalized spacial score (nSPS) is 25.7. The zero-order chi connectivity index (χ0) is 34.1. The lowest BCUT2D eigenvalue weighted by Crippen LogP contribution is -2.57. The average Bonchev–Trinajstić information content (AvgIpc) is 3.70. The van der Waals surface area contributed by atoms with E-state index in [-0.39, 0.29) is 43.4 Å². The van der Waals surface area contributed by atoms with E-state index in [9.17, 15) is 24.3 Å². The van der Waals surface area contributed by atoms with Crippen LogP contribution in [0, 0.1) is 11.8 Å². The highest BCUT2D eigenvalue weighted by Crippen LogP contribution is 2.59. The van der Waals surface area contributed by atoms with Crippen LogP contribution in [-0.4, -0.2) is 102 Å². The second-order valence-electron chi connectivity index (χ2n) is 13.0. The summed E-state index contributed by atoms with van der Waals surface area (Å²) in [4.78, 5) is 59.1. The molecule has 2 N–H and O–H groups in total. The number of unbranched alkanes of at least 4 members (excludes halogenated alkanes) is 2. The van der Waals surface area contributed by atoms with Crippen LogP contribution in [0.4, 0.5) is 0 Å². The van der Waals surface area contributed by atoms with Crippen molar-refractivity contribution in [2.24, 2.45) is 11.8 Å². The number of methoxy groups -OCH3 is 1. The number of nitrogens with zero attached hydrogens (tertiary/aromatic N) is 2. The van der Waals surface area contributed by atoms with Crippen molar-refractivity contribution < 1.29 is 38.5 Å². The number of carbonyl (C=O) groups is 4. The predicted molar refractivity (Wildman–Crippen MR) is 176 cm³/mol. The highest BCUT2D eigenvalue weighted by atomic mass is 16.6. The smallest absolute Gasteiger partial charge is 0.313 e. The number of carbonyl (C=O) groups excluding carboxylic acids is 4. The van der Waals surface area contributed by atoms with Crippen molar-refractivity contribution in [3.05, 3.63) is 61.2 Å². The lowest BCUT2D eigenvalue weighted by atomic mass is 9.70. The summed E-state index contributed by atoms with van der Waals surface area (Å²) in [6.45, 7) is 12.1.